The second-order valence-electron chi connectivity index (χ2n) is 3.94. The molecule has 8 heteroatoms. The number of rotatable bonds is 4. The van der Waals surface area contributed by atoms with Crippen molar-refractivity contribution in [1.29, 1.82) is 0 Å². The molecule has 1 N–H and O–H groups in total. The Morgan fingerprint density at radius 2 is 2.21 bits per heavy atom. The van der Waals surface area contributed by atoms with Gasteiger partial charge in [0.25, 0.3) is 5.91 Å². The number of nitrogens with zero attached hydrogens (tertiary/aromatic N) is 3. The monoisotopic (exact) mass is 282 g/mol. The highest BCUT2D eigenvalue weighted by Gasteiger charge is 2.22. The molecule has 0 aliphatic rings. The Hall–Kier alpha value is -1.93. The van der Waals surface area contributed by atoms with Crippen LogP contribution in [0.2, 0.25) is 0 Å². The minimum Gasteiger partial charge on any atom is -0.268 e. The lowest BCUT2D eigenvalue weighted by Gasteiger charge is -2.14. The molecule has 0 bridgehead atoms. The van der Waals surface area contributed by atoms with Crippen LogP contribution in [-0.4, -0.2) is 41.8 Å². The second kappa shape index (κ2) is 4.98. The molecule has 102 valence electrons. The van der Waals surface area contributed by atoms with Crippen LogP contribution in [0.4, 0.5) is 0 Å². The van der Waals surface area contributed by atoms with Crippen molar-refractivity contribution in [2.75, 3.05) is 13.6 Å². The van der Waals surface area contributed by atoms with Crippen LogP contribution < -0.4 is 4.72 Å². The molecule has 0 fully saturated rings. The van der Waals surface area contributed by atoms with Gasteiger partial charge in [-0.1, -0.05) is 13.0 Å². The first-order chi connectivity index (χ1) is 8.95. The smallest absolute Gasteiger partial charge is 0.268 e. The van der Waals surface area contributed by atoms with E-state index in [1.165, 1.54) is 17.8 Å². The van der Waals surface area contributed by atoms with Crippen molar-refractivity contribution >= 4 is 21.6 Å². The summed E-state index contributed by atoms with van der Waals surface area (Å²) in [5, 5.41) is 3.98. The number of amides is 1. The standard InChI is InChI=1S/C11H14N4O3S/c1-3-14(2)19(17,18)13-11(16)9-8-12-15-7-5-4-6-10(9)15/h4-8H,3H2,1-2H3,(H,13,16). The Balaban J connectivity index is 2.31. The van der Waals surface area contributed by atoms with E-state index >= 15 is 0 Å². The third-order valence-corrected chi connectivity index (χ3v) is 4.27. The Morgan fingerprint density at radius 3 is 2.89 bits per heavy atom. The zero-order valence-corrected chi connectivity index (χ0v) is 11.4. The van der Waals surface area contributed by atoms with Crippen molar-refractivity contribution < 1.29 is 13.2 Å². The number of carbonyl (C=O) groups is 1. The van der Waals surface area contributed by atoms with Crippen LogP contribution in [0.5, 0.6) is 0 Å². The Labute approximate surface area is 111 Å². The van der Waals surface area contributed by atoms with Gasteiger partial charge < -0.3 is 0 Å². The van der Waals surface area contributed by atoms with Gasteiger partial charge in [-0.2, -0.15) is 17.8 Å². The van der Waals surface area contributed by atoms with E-state index in [9.17, 15) is 13.2 Å². The van der Waals surface area contributed by atoms with Crippen LogP contribution >= 0.6 is 0 Å². The fraction of sp³-hybridized carbons (Fsp3) is 0.273. The van der Waals surface area contributed by atoms with Crippen molar-refractivity contribution in [3.05, 3.63) is 36.2 Å². The average molecular weight is 282 g/mol. The summed E-state index contributed by atoms with van der Waals surface area (Å²) < 4.78 is 28.1. The molecule has 0 aliphatic heterocycles. The first-order valence-electron chi connectivity index (χ1n) is 5.66. The minimum absolute atomic E-state index is 0.216. The molecule has 0 aliphatic carbocycles. The van der Waals surface area contributed by atoms with Crippen LogP contribution in [0, 0.1) is 0 Å². The van der Waals surface area contributed by atoms with Gasteiger partial charge in [-0.3, -0.25) is 4.79 Å². The van der Waals surface area contributed by atoms with Gasteiger partial charge in [0, 0.05) is 19.8 Å². The number of hydrogen-bond donors (Lipinski definition) is 1. The van der Waals surface area contributed by atoms with Gasteiger partial charge in [-0.25, -0.2) is 9.24 Å². The summed E-state index contributed by atoms with van der Waals surface area (Å²) in [6.07, 6.45) is 3.02. The highest BCUT2D eigenvalue weighted by Crippen LogP contribution is 2.10. The SMILES string of the molecule is CCN(C)S(=O)(=O)NC(=O)c1cnn2ccccc12. The molecule has 0 saturated carbocycles. The average Bonchev–Trinajstić information content (AvgIpc) is 2.81. The number of aromatic nitrogens is 2. The lowest BCUT2D eigenvalue weighted by Crippen LogP contribution is -2.41. The van der Waals surface area contributed by atoms with Crippen molar-refractivity contribution in [3.63, 3.8) is 0 Å². The van der Waals surface area contributed by atoms with Gasteiger partial charge in [0.2, 0.25) is 0 Å². The maximum Gasteiger partial charge on any atom is 0.303 e. The maximum absolute atomic E-state index is 12.0. The van der Waals surface area contributed by atoms with E-state index < -0.39 is 16.1 Å². The predicted molar refractivity (Wildman–Crippen MR) is 69.9 cm³/mol. The largest absolute Gasteiger partial charge is 0.303 e. The second-order valence-corrected chi connectivity index (χ2v) is 5.72. The summed E-state index contributed by atoms with van der Waals surface area (Å²) in [4.78, 5) is 12.0. The fourth-order valence-electron chi connectivity index (χ4n) is 1.53. The molecule has 7 nitrogen and oxygen atoms in total. The summed E-state index contributed by atoms with van der Waals surface area (Å²) in [6, 6.07) is 5.21. The summed E-state index contributed by atoms with van der Waals surface area (Å²) in [7, 11) is -2.41. The van der Waals surface area contributed by atoms with E-state index in [2.05, 4.69) is 5.10 Å². The third-order valence-electron chi connectivity index (χ3n) is 2.75. The molecule has 0 radical (unpaired) electrons. The maximum atomic E-state index is 12.0. The van der Waals surface area contributed by atoms with E-state index in [4.69, 9.17) is 0 Å². The van der Waals surface area contributed by atoms with Gasteiger partial charge in [0.1, 0.15) is 0 Å². The van der Waals surface area contributed by atoms with Gasteiger partial charge in [-0.05, 0) is 12.1 Å². The van der Waals surface area contributed by atoms with Crippen molar-refractivity contribution in [2.45, 2.75) is 6.92 Å². The molecule has 2 heterocycles. The fourth-order valence-corrected chi connectivity index (χ4v) is 2.37. The highest BCUT2D eigenvalue weighted by atomic mass is 32.2. The third kappa shape index (κ3) is 2.59. The first kappa shape index (κ1) is 13.5. The normalized spacial score (nSPS) is 11.9. The predicted octanol–water partition coefficient (Wildman–Crippen LogP) is 0.261. The molecule has 2 aromatic rings. The minimum atomic E-state index is -3.81. The van der Waals surface area contributed by atoms with Crippen LogP contribution in [0.25, 0.3) is 5.52 Å². The number of nitrogens with one attached hydrogen (secondary N) is 1. The molecule has 2 rings (SSSR count). The van der Waals surface area contributed by atoms with Gasteiger partial charge in [0.05, 0.1) is 17.3 Å². The van der Waals surface area contributed by atoms with E-state index in [1.54, 1.807) is 31.3 Å². The summed E-state index contributed by atoms with van der Waals surface area (Å²) in [5.74, 6) is -0.693. The van der Waals surface area contributed by atoms with Crippen LogP contribution in [0.15, 0.2) is 30.6 Å². The topological polar surface area (TPSA) is 83.8 Å². The molecule has 0 saturated heterocycles. The first-order valence-corrected chi connectivity index (χ1v) is 7.10. The van der Waals surface area contributed by atoms with Crippen LogP contribution in [-0.2, 0) is 10.2 Å². The number of fused-ring (bicyclic) bond motifs is 1. The number of carbonyl (C=O) groups excluding carboxylic acids is 1. The van der Waals surface area contributed by atoms with E-state index in [1.807, 2.05) is 4.72 Å². The Morgan fingerprint density at radius 1 is 1.47 bits per heavy atom. The molecule has 0 unspecified atom stereocenters. The summed E-state index contributed by atoms with van der Waals surface area (Å²) in [5.41, 5.74) is 0.767. The molecule has 19 heavy (non-hydrogen) atoms. The molecule has 0 spiro atoms. The van der Waals surface area contributed by atoms with Crippen molar-refractivity contribution in [3.8, 4) is 0 Å². The molecule has 0 atom stereocenters. The quantitative estimate of drug-likeness (QED) is 0.872. The number of pyridine rings is 1. The van der Waals surface area contributed by atoms with E-state index in [0.29, 0.717) is 5.52 Å². The van der Waals surface area contributed by atoms with Gasteiger partial charge in [0.15, 0.2) is 0 Å². The zero-order valence-electron chi connectivity index (χ0n) is 10.6. The van der Waals surface area contributed by atoms with Crippen LogP contribution in [0.3, 0.4) is 0 Å². The Kier molecular flexibility index (Phi) is 3.54. The van der Waals surface area contributed by atoms with E-state index in [-0.39, 0.29) is 12.1 Å². The number of hydrogen-bond acceptors (Lipinski definition) is 4. The zero-order chi connectivity index (χ0) is 14.0. The van der Waals surface area contributed by atoms with Gasteiger partial charge in [-0.15, -0.1) is 0 Å². The van der Waals surface area contributed by atoms with E-state index in [0.717, 1.165) is 4.31 Å². The van der Waals surface area contributed by atoms with Crippen LogP contribution in [0.1, 0.15) is 17.3 Å². The molecular formula is C11H14N4O3S. The lowest BCUT2D eigenvalue weighted by atomic mass is 10.2. The summed E-state index contributed by atoms with van der Waals surface area (Å²) in [6.45, 7) is 1.95. The molecule has 1 amide bonds. The molecular weight excluding hydrogens is 268 g/mol. The Bertz CT molecular complexity index is 708. The molecule has 2 aromatic heterocycles. The summed E-state index contributed by atoms with van der Waals surface area (Å²) >= 11 is 0. The van der Waals surface area contributed by atoms with Crippen molar-refractivity contribution in [1.82, 2.24) is 18.6 Å². The van der Waals surface area contributed by atoms with Crippen molar-refractivity contribution in [2.24, 2.45) is 0 Å². The van der Waals surface area contributed by atoms with Gasteiger partial charge >= 0.3 is 10.2 Å². The highest BCUT2D eigenvalue weighted by molar-refractivity contribution is 7.87. The lowest BCUT2D eigenvalue weighted by molar-refractivity contribution is 0.0981. The molecule has 0 aromatic carbocycles.